The van der Waals surface area contributed by atoms with Gasteiger partial charge in [0.2, 0.25) is 0 Å². The summed E-state index contributed by atoms with van der Waals surface area (Å²) in [5.74, 6) is -0.356. The summed E-state index contributed by atoms with van der Waals surface area (Å²) in [7, 11) is 0. The van der Waals surface area contributed by atoms with Gasteiger partial charge in [-0.05, 0) is 30.0 Å². The van der Waals surface area contributed by atoms with E-state index >= 15 is 0 Å². The maximum absolute atomic E-state index is 12.0. The minimum Gasteiger partial charge on any atom is -0.386 e. The van der Waals surface area contributed by atoms with E-state index in [9.17, 15) is 4.79 Å². The molecule has 0 bridgehead atoms. The highest BCUT2D eigenvalue weighted by Gasteiger charge is 2.07. The molecule has 0 spiro atoms. The first-order valence-electron chi connectivity index (χ1n) is 7.91. The van der Waals surface area contributed by atoms with Crippen molar-refractivity contribution < 1.29 is 4.79 Å². The molecular formula is C20H21N3O. The van der Waals surface area contributed by atoms with Gasteiger partial charge in [0.15, 0.2) is 0 Å². The quantitative estimate of drug-likeness (QED) is 0.609. The third-order valence-electron chi connectivity index (χ3n) is 3.71. The number of nitrogens with zero attached hydrogens (tertiary/aromatic N) is 1. The largest absolute Gasteiger partial charge is 0.386 e. The number of rotatable bonds is 7. The van der Waals surface area contributed by atoms with E-state index in [4.69, 9.17) is 5.26 Å². The number of nitriles is 1. The first-order chi connectivity index (χ1) is 11.7. The molecule has 24 heavy (non-hydrogen) atoms. The van der Waals surface area contributed by atoms with E-state index in [1.54, 1.807) is 0 Å². The normalized spacial score (nSPS) is 10.8. The molecule has 4 heteroatoms. The molecule has 0 aliphatic heterocycles. The van der Waals surface area contributed by atoms with Crippen LogP contribution in [0.25, 0.3) is 0 Å². The predicted octanol–water partition coefficient (Wildman–Crippen LogP) is 2.85. The van der Waals surface area contributed by atoms with Gasteiger partial charge in [0, 0.05) is 19.3 Å². The van der Waals surface area contributed by atoms with Crippen molar-refractivity contribution in [2.75, 3.05) is 6.54 Å². The lowest BCUT2D eigenvalue weighted by molar-refractivity contribution is -0.117. The SMILES string of the molecule is Cc1ccccc1CN/C=C(/C#N)C(=O)NCCc1ccccc1. The molecule has 2 N–H and O–H groups in total. The molecule has 2 rings (SSSR count). The van der Waals surface area contributed by atoms with Crippen LogP contribution in [0.2, 0.25) is 0 Å². The molecule has 0 aromatic heterocycles. The van der Waals surface area contributed by atoms with Gasteiger partial charge in [-0.15, -0.1) is 0 Å². The summed E-state index contributed by atoms with van der Waals surface area (Å²) in [5.41, 5.74) is 3.54. The molecule has 4 nitrogen and oxygen atoms in total. The fourth-order valence-corrected chi connectivity index (χ4v) is 2.28. The first-order valence-corrected chi connectivity index (χ1v) is 7.91. The van der Waals surface area contributed by atoms with E-state index in [2.05, 4.69) is 10.6 Å². The number of amides is 1. The van der Waals surface area contributed by atoms with Crippen molar-refractivity contribution in [2.24, 2.45) is 0 Å². The van der Waals surface area contributed by atoms with Crippen LogP contribution in [0.5, 0.6) is 0 Å². The van der Waals surface area contributed by atoms with E-state index in [1.165, 1.54) is 11.8 Å². The van der Waals surface area contributed by atoms with Gasteiger partial charge in [-0.3, -0.25) is 4.79 Å². The van der Waals surface area contributed by atoms with Gasteiger partial charge < -0.3 is 10.6 Å². The van der Waals surface area contributed by atoms with Gasteiger partial charge in [-0.25, -0.2) is 0 Å². The predicted molar refractivity (Wildman–Crippen MR) is 94.9 cm³/mol. The van der Waals surface area contributed by atoms with Crippen LogP contribution in [0.4, 0.5) is 0 Å². The van der Waals surface area contributed by atoms with E-state index in [-0.39, 0.29) is 11.5 Å². The Hall–Kier alpha value is -3.06. The Balaban J connectivity index is 1.82. The highest BCUT2D eigenvalue weighted by Crippen LogP contribution is 2.06. The Morgan fingerprint density at radius 1 is 1.12 bits per heavy atom. The summed E-state index contributed by atoms with van der Waals surface area (Å²) in [5, 5.41) is 15.0. The van der Waals surface area contributed by atoms with Crippen LogP contribution in [0.1, 0.15) is 16.7 Å². The Kier molecular flexibility index (Phi) is 6.60. The van der Waals surface area contributed by atoms with Crippen molar-refractivity contribution >= 4 is 5.91 Å². The number of hydrogen-bond acceptors (Lipinski definition) is 3. The Bertz CT molecular complexity index is 745. The monoisotopic (exact) mass is 319 g/mol. The lowest BCUT2D eigenvalue weighted by atomic mass is 10.1. The highest BCUT2D eigenvalue weighted by atomic mass is 16.1. The second kappa shape index (κ2) is 9.16. The Morgan fingerprint density at radius 3 is 2.54 bits per heavy atom. The Labute approximate surface area is 142 Å². The lowest BCUT2D eigenvalue weighted by Gasteiger charge is -2.07. The summed E-state index contributed by atoms with van der Waals surface area (Å²) in [6, 6.07) is 19.8. The highest BCUT2D eigenvalue weighted by molar-refractivity contribution is 5.97. The maximum Gasteiger partial charge on any atom is 0.263 e. The molecule has 0 atom stereocenters. The van der Waals surface area contributed by atoms with Gasteiger partial charge in [0.25, 0.3) is 5.91 Å². The van der Waals surface area contributed by atoms with Crippen LogP contribution >= 0.6 is 0 Å². The molecule has 0 heterocycles. The van der Waals surface area contributed by atoms with Crippen LogP contribution in [0.15, 0.2) is 66.4 Å². The molecule has 0 aliphatic rings. The molecule has 122 valence electrons. The second-order valence-electron chi connectivity index (χ2n) is 5.47. The van der Waals surface area contributed by atoms with Gasteiger partial charge in [-0.2, -0.15) is 5.26 Å². The average molecular weight is 319 g/mol. The van der Waals surface area contributed by atoms with Gasteiger partial charge >= 0.3 is 0 Å². The van der Waals surface area contributed by atoms with Gasteiger partial charge in [0.05, 0.1) is 0 Å². The lowest BCUT2D eigenvalue weighted by Crippen LogP contribution is -2.27. The molecule has 0 unspecified atom stereocenters. The summed E-state index contributed by atoms with van der Waals surface area (Å²) in [6.07, 6.45) is 2.21. The fraction of sp³-hybridized carbons (Fsp3) is 0.200. The van der Waals surface area contributed by atoms with Crippen LogP contribution in [-0.4, -0.2) is 12.5 Å². The average Bonchev–Trinajstić information content (AvgIpc) is 2.61. The number of benzene rings is 2. The molecule has 0 saturated carbocycles. The van der Waals surface area contributed by atoms with E-state index in [0.717, 1.165) is 17.5 Å². The third-order valence-corrected chi connectivity index (χ3v) is 3.71. The molecule has 1 amide bonds. The molecular weight excluding hydrogens is 298 g/mol. The van der Waals surface area contributed by atoms with Crippen molar-refractivity contribution in [3.05, 3.63) is 83.1 Å². The molecule has 0 aliphatic carbocycles. The topological polar surface area (TPSA) is 64.9 Å². The minimum atomic E-state index is -0.356. The second-order valence-corrected chi connectivity index (χ2v) is 5.47. The summed E-state index contributed by atoms with van der Waals surface area (Å²) < 4.78 is 0. The van der Waals surface area contributed by atoms with Gasteiger partial charge in [0.1, 0.15) is 11.6 Å². The van der Waals surface area contributed by atoms with Crippen molar-refractivity contribution in [1.29, 1.82) is 5.26 Å². The van der Waals surface area contributed by atoms with Crippen molar-refractivity contribution in [3.63, 3.8) is 0 Å². The van der Waals surface area contributed by atoms with Crippen LogP contribution in [-0.2, 0) is 17.8 Å². The first kappa shape index (κ1) is 17.3. The van der Waals surface area contributed by atoms with Crippen LogP contribution in [0, 0.1) is 18.3 Å². The van der Waals surface area contributed by atoms with Crippen LogP contribution < -0.4 is 10.6 Å². The smallest absolute Gasteiger partial charge is 0.263 e. The van der Waals surface area contributed by atoms with E-state index in [1.807, 2.05) is 67.6 Å². The molecule has 0 fully saturated rings. The standard InChI is InChI=1S/C20H21N3O/c1-16-7-5-6-10-18(16)14-22-15-19(13-21)20(24)23-12-11-17-8-3-2-4-9-17/h2-10,15,22H,11-12,14H2,1H3,(H,23,24)/b19-15-. The van der Waals surface area contributed by atoms with Crippen molar-refractivity contribution in [3.8, 4) is 6.07 Å². The summed E-state index contributed by atoms with van der Waals surface area (Å²) >= 11 is 0. The zero-order valence-corrected chi connectivity index (χ0v) is 13.8. The number of carbonyl (C=O) groups is 1. The zero-order valence-electron chi connectivity index (χ0n) is 13.8. The molecule has 2 aromatic rings. The van der Waals surface area contributed by atoms with E-state index in [0.29, 0.717) is 13.1 Å². The summed E-state index contributed by atoms with van der Waals surface area (Å²) in [4.78, 5) is 12.0. The number of aryl methyl sites for hydroxylation is 1. The van der Waals surface area contributed by atoms with Crippen LogP contribution in [0.3, 0.4) is 0 Å². The zero-order chi connectivity index (χ0) is 17.2. The molecule has 2 aromatic carbocycles. The van der Waals surface area contributed by atoms with E-state index < -0.39 is 0 Å². The molecule has 0 saturated heterocycles. The molecule has 0 radical (unpaired) electrons. The summed E-state index contributed by atoms with van der Waals surface area (Å²) in [6.45, 7) is 3.11. The van der Waals surface area contributed by atoms with Crippen molar-refractivity contribution in [1.82, 2.24) is 10.6 Å². The van der Waals surface area contributed by atoms with Gasteiger partial charge in [-0.1, -0.05) is 54.6 Å². The number of nitrogens with one attached hydrogen (secondary N) is 2. The Morgan fingerprint density at radius 2 is 1.83 bits per heavy atom. The maximum atomic E-state index is 12.0. The van der Waals surface area contributed by atoms with Crippen molar-refractivity contribution in [2.45, 2.75) is 19.9 Å². The third kappa shape index (κ3) is 5.29. The number of carbonyl (C=O) groups excluding carboxylic acids is 1. The fourth-order valence-electron chi connectivity index (χ4n) is 2.28. The number of hydrogen-bond donors (Lipinski definition) is 2. The minimum absolute atomic E-state index is 0.0802.